The monoisotopic (exact) mass is 514 g/mol. The molecule has 1 aliphatic heterocycles. The molecule has 0 aromatic heterocycles. The third kappa shape index (κ3) is 7.80. The second-order valence-corrected chi connectivity index (χ2v) is 11.3. The topological polar surface area (TPSA) is 108 Å². The smallest absolute Gasteiger partial charge is 0.255 e. The van der Waals surface area contributed by atoms with E-state index in [1.807, 2.05) is 18.2 Å². The Morgan fingerprint density at radius 1 is 1.06 bits per heavy atom. The highest BCUT2D eigenvalue weighted by Gasteiger charge is 2.25. The number of unbranched alkanes of at least 4 members (excludes halogenated alkanes) is 4. The van der Waals surface area contributed by atoms with Crippen LogP contribution in [-0.2, 0) is 14.6 Å². The minimum absolute atomic E-state index is 0.00171. The van der Waals surface area contributed by atoms with E-state index in [9.17, 15) is 18.0 Å². The number of nitrogens with zero attached hydrogens (tertiary/aromatic N) is 1. The van der Waals surface area contributed by atoms with Crippen LogP contribution in [0, 0.1) is 0 Å². The molecule has 0 bridgehead atoms. The van der Waals surface area contributed by atoms with Crippen LogP contribution in [0.4, 0.5) is 11.4 Å². The van der Waals surface area contributed by atoms with Gasteiger partial charge in [0.15, 0.2) is 9.84 Å². The van der Waals surface area contributed by atoms with E-state index in [4.69, 9.17) is 0 Å². The molecule has 196 valence electrons. The molecule has 0 spiro atoms. The molecule has 0 saturated carbocycles. The van der Waals surface area contributed by atoms with Crippen molar-refractivity contribution in [3.63, 3.8) is 0 Å². The molecular formula is C27H38N4O4S. The largest absolute Gasteiger partial charge is 0.365 e. The van der Waals surface area contributed by atoms with Crippen LogP contribution >= 0.6 is 0 Å². The summed E-state index contributed by atoms with van der Waals surface area (Å²) in [5.74, 6) is -0.159. The van der Waals surface area contributed by atoms with Gasteiger partial charge < -0.3 is 20.9 Å². The molecule has 1 heterocycles. The summed E-state index contributed by atoms with van der Waals surface area (Å²) in [5.41, 5.74) is 1.92. The number of hydrogen-bond acceptors (Lipinski definition) is 6. The second-order valence-electron chi connectivity index (χ2n) is 9.19. The van der Waals surface area contributed by atoms with Gasteiger partial charge in [0.1, 0.15) is 0 Å². The molecule has 0 unspecified atom stereocenters. The lowest BCUT2D eigenvalue weighted by Gasteiger charge is -2.37. The Balaban J connectivity index is 1.63. The first kappa shape index (κ1) is 27.7. The van der Waals surface area contributed by atoms with Crippen LogP contribution in [-0.4, -0.2) is 58.7 Å². The summed E-state index contributed by atoms with van der Waals surface area (Å²) >= 11 is 0. The van der Waals surface area contributed by atoms with E-state index < -0.39 is 9.84 Å². The Kier molecular flexibility index (Phi) is 10.3. The lowest BCUT2D eigenvalue weighted by Crippen LogP contribution is -2.53. The van der Waals surface area contributed by atoms with E-state index in [1.165, 1.54) is 0 Å². The van der Waals surface area contributed by atoms with E-state index in [-0.39, 0.29) is 28.5 Å². The van der Waals surface area contributed by atoms with Gasteiger partial charge in [0.25, 0.3) is 5.91 Å². The van der Waals surface area contributed by atoms with Gasteiger partial charge in [-0.1, -0.05) is 38.7 Å². The van der Waals surface area contributed by atoms with Crippen molar-refractivity contribution in [3.8, 4) is 0 Å². The summed E-state index contributed by atoms with van der Waals surface area (Å²) in [6, 6.07) is 13.7. The molecule has 1 saturated heterocycles. The number of carbonyl (C=O) groups excluding carboxylic acids is 2. The first-order valence-electron chi connectivity index (χ1n) is 12.8. The number of hydrogen-bond donors (Lipinski definition) is 3. The maximum absolute atomic E-state index is 12.9. The van der Waals surface area contributed by atoms with Crippen molar-refractivity contribution in [1.29, 1.82) is 0 Å². The van der Waals surface area contributed by atoms with E-state index in [0.717, 1.165) is 44.5 Å². The number of anilines is 2. The van der Waals surface area contributed by atoms with E-state index in [1.54, 1.807) is 37.4 Å². The van der Waals surface area contributed by atoms with Crippen molar-refractivity contribution < 1.29 is 18.0 Å². The van der Waals surface area contributed by atoms with Crippen LogP contribution in [0.15, 0.2) is 53.4 Å². The third-order valence-corrected chi connectivity index (χ3v) is 8.29. The maximum Gasteiger partial charge on any atom is 0.255 e. The molecule has 3 N–H and O–H groups in total. The zero-order valence-corrected chi connectivity index (χ0v) is 22.1. The number of rotatable bonds is 12. The van der Waals surface area contributed by atoms with Gasteiger partial charge in [-0.05, 0) is 48.9 Å². The molecule has 2 amide bonds. The van der Waals surface area contributed by atoms with Gasteiger partial charge in [0.2, 0.25) is 5.91 Å². The molecule has 0 radical (unpaired) electrons. The van der Waals surface area contributed by atoms with Crippen molar-refractivity contribution in [3.05, 3.63) is 54.1 Å². The zero-order chi connectivity index (χ0) is 26.0. The van der Waals surface area contributed by atoms with Crippen LogP contribution in [0.25, 0.3) is 0 Å². The van der Waals surface area contributed by atoms with E-state index in [2.05, 4.69) is 27.8 Å². The molecule has 1 fully saturated rings. The van der Waals surface area contributed by atoms with E-state index in [0.29, 0.717) is 30.6 Å². The number of nitrogens with one attached hydrogen (secondary N) is 3. The van der Waals surface area contributed by atoms with E-state index >= 15 is 0 Å². The van der Waals surface area contributed by atoms with Crippen molar-refractivity contribution in [1.82, 2.24) is 10.6 Å². The standard InChI is InChI=1S/C27H38N4O4S/c1-3-4-5-6-7-17-36(34,35)25-13-11-22(12-14-25)30-27(33)21-9-8-10-23(18-21)31-16-15-29-20-24(31)19-26(32)28-2/h8-14,18,24,29H,3-7,15-17,19-20H2,1-2H3,(H,28,32)(H,30,33)/t24-/m0/s1. The molecule has 2 aromatic carbocycles. The Hall–Kier alpha value is -2.91. The minimum Gasteiger partial charge on any atom is -0.365 e. The minimum atomic E-state index is -3.33. The highest BCUT2D eigenvalue weighted by atomic mass is 32.2. The van der Waals surface area contributed by atoms with Gasteiger partial charge >= 0.3 is 0 Å². The second kappa shape index (κ2) is 13.4. The van der Waals surface area contributed by atoms with Crippen molar-refractivity contribution in [2.75, 3.05) is 42.7 Å². The lowest BCUT2D eigenvalue weighted by molar-refractivity contribution is -0.121. The number of sulfone groups is 1. The Morgan fingerprint density at radius 3 is 2.53 bits per heavy atom. The van der Waals surface area contributed by atoms with Crippen molar-refractivity contribution >= 4 is 33.0 Å². The summed E-state index contributed by atoms with van der Waals surface area (Å²) < 4.78 is 25.2. The molecule has 1 aliphatic rings. The Bertz CT molecular complexity index is 1120. The fourth-order valence-corrected chi connectivity index (χ4v) is 5.76. The number of piperazine rings is 1. The van der Waals surface area contributed by atoms with Crippen LogP contribution in [0.5, 0.6) is 0 Å². The number of amides is 2. The highest BCUT2D eigenvalue weighted by molar-refractivity contribution is 7.91. The normalized spacial score (nSPS) is 15.9. The summed E-state index contributed by atoms with van der Waals surface area (Å²) in [5, 5.41) is 8.86. The molecule has 9 heteroatoms. The SMILES string of the molecule is CCCCCCCS(=O)(=O)c1ccc(NC(=O)c2cccc(N3CCNC[C@@H]3CC(=O)NC)c2)cc1. The van der Waals surface area contributed by atoms with Gasteiger partial charge in [0, 0.05) is 50.0 Å². The van der Waals surface area contributed by atoms with Crippen LogP contribution in [0.1, 0.15) is 55.8 Å². The first-order valence-corrected chi connectivity index (χ1v) is 14.4. The van der Waals surface area contributed by atoms with Gasteiger partial charge in [-0.25, -0.2) is 8.42 Å². The Morgan fingerprint density at radius 2 is 1.81 bits per heavy atom. The van der Waals surface area contributed by atoms with Crippen LogP contribution < -0.4 is 20.9 Å². The molecule has 2 aromatic rings. The van der Waals surface area contributed by atoms with Crippen molar-refractivity contribution in [2.45, 2.75) is 56.4 Å². The van der Waals surface area contributed by atoms with Gasteiger partial charge in [-0.2, -0.15) is 0 Å². The molecular weight excluding hydrogens is 476 g/mol. The molecule has 36 heavy (non-hydrogen) atoms. The lowest BCUT2D eigenvalue weighted by atomic mass is 10.1. The number of benzene rings is 2. The molecule has 8 nitrogen and oxygen atoms in total. The quantitative estimate of drug-likeness (QED) is 0.374. The predicted molar refractivity (Wildman–Crippen MR) is 144 cm³/mol. The molecule has 0 aliphatic carbocycles. The summed E-state index contributed by atoms with van der Waals surface area (Å²) in [4.78, 5) is 27.3. The maximum atomic E-state index is 12.9. The summed E-state index contributed by atoms with van der Waals surface area (Å²) in [7, 11) is -1.70. The zero-order valence-electron chi connectivity index (χ0n) is 21.3. The van der Waals surface area contributed by atoms with Gasteiger partial charge in [-0.15, -0.1) is 0 Å². The van der Waals surface area contributed by atoms with Crippen molar-refractivity contribution in [2.24, 2.45) is 0 Å². The van der Waals surface area contributed by atoms with Gasteiger partial charge in [0.05, 0.1) is 16.7 Å². The average Bonchev–Trinajstić information content (AvgIpc) is 2.89. The third-order valence-electron chi connectivity index (χ3n) is 6.48. The molecule has 1 atom stereocenters. The molecule has 3 rings (SSSR count). The average molecular weight is 515 g/mol. The Labute approximate surface area is 214 Å². The van der Waals surface area contributed by atoms with Gasteiger partial charge in [-0.3, -0.25) is 9.59 Å². The summed E-state index contributed by atoms with van der Waals surface area (Å²) in [6.45, 7) is 4.36. The van der Waals surface area contributed by atoms with Crippen LogP contribution in [0.3, 0.4) is 0 Å². The van der Waals surface area contributed by atoms with Crippen LogP contribution in [0.2, 0.25) is 0 Å². The predicted octanol–water partition coefficient (Wildman–Crippen LogP) is 3.60. The summed E-state index contributed by atoms with van der Waals surface area (Å²) in [6.07, 6.45) is 5.26. The number of carbonyl (C=O) groups is 2. The highest BCUT2D eigenvalue weighted by Crippen LogP contribution is 2.23. The fraction of sp³-hybridized carbons (Fsp3) is 0.481. The first-order chi connectivity index (χ1) is 17.3. The fourth-order valence-electron chi connectivity index (χ4n) is 4.39.